The van der Waals surface area contributed by atoms with Crippen molar-refractivity contribution < 1.29 is 19.1 Å². The molecule has 1 N–H and O–H groups in total. The lowest BCUT2D eigenvalue weighted by Gasteiger charge is -2.26. The Bertz CT molecular complexity index is 444. The minimum Gasteiger partial charge on any atom is -0.494 e. The minimum atomic E-state index is -0.147. The number of hydrogen-bond acceptors (Lipinski definition) is 5. The molecule has 0 unspecified atom stereocenters. The predicted octanol–water partition coefficient (Wildman–Crippen LogP) is 1.01. The average Bonchev–Trinajstić information content (AvgIpc) is 2.55. The highest BCUT2D eigenvalue weighted by atomic mass is 16.7. The second kappa shape index (κ2) is 9.40. The van der Waals surface area contributed by atoms with Crippen molar-refractivity contribution in [1.82, 2.24) is 10.4 Å². The number of carbonyl (C=O) groups is 1. The van der Waals surface area contributed by atoms with E-state index in [4.69, 9.17) is 14.3 Å². The van der Waals surface area contributed by atoms with Crippen LogP contribution in [0.2, 0.25) is 0 Å². The lowest BCUT2D eigenvalue weighted by Crippen LogP contribution is -2.39. The van der Waals surface area contributed by atoms with E-state index < -0.39 is 0 Å². The number of amides is 1. The molecule has 1 aliphatic heterocycles. The van der Waals surface area contributed by atoms with Crippen molar-refractivity contribution in [2.75, 3.05) is 46.1 Å². The van der Waals surface area contributed by atoms with Crippen LogP contribution in [0.1, 0.15) is 12.5 Å². The van der Waals surface area contributed by atoms with E-state index in [9.17, 15) is 4.79 Å². The van der Waals surface area contributed by atoms with Crippen LogP contribution in [-0.4, -0.2) is 56.9 Å². The lowest BCUT2D eigenvalue weighted by atomic mass is 10.1. The maximum atomic E-state index is 11.8. The Hall–Kier alpha value is -1.63. The smallest absolute Gasteiger partial charge is 0.247 e. The van der Waals surface area contributed by atoms with E-state index in [1.165, 1.54) is 0 Å². The van der Waals surface area contributed by atoms with Gasteiger partial charge in [0.05, 0.1) is 32.8 Å². The fourth-order valence-electron chi connectivity index (χ4n) is 2.22. The summed E-state index contributed by atoms with van der Waals surface area (Å²) < 4.78 is 10.6. The largest absolute Gasteiger partial charge is 0.494 e. The van der Waals surface area contributed by atoms with Gasteiger partial charge in [-0.2, -0.15) is 0 Å². The Kier molecular flexibility index (Phi) is 7.15. The quantitative estimate of drug-likeness (QED) is 0.574. The van der Waals surface area contributed by atoms with Gasteiger partial charge in [0.25, 0.3) is 0 Å². The average molecular weight is 308 g/mol. The molecule has 0 aliphatic carbocycles. The van der Waals surface area contributed by atoms with E-state index in [0.717, 1.165) is 44.2 Å². The number of carbonyl (C=O) groups excluding carboxylic acids is 1. The van der Waals surface area contributed by atoms with Gasteiger partial charge in [-0.25, -0.2) is 5.48 Å². The first-order chi connectivity index (χ1) is 10.8. The van der Waals surface area contributed by atoms with Gasteiger partial charge in [-0.3, -0.25) is 14.5 Å². The first kappa shape index (κ1) is 16.7. The van der Waals surface area contributed by atoms with E-state index in [0.29, 0.717) is 19.6 Å². The molecule has 1 fully saturated rings. The van der Waals surface area contributed by atoms with Crippen molar-refractivity contribution in [1.29, 1.82) is 0 Å². The number of morpholine rings is 1. The van der Waals surface area contributed by atoms with Crippen molar-refractivity contribution >= 4 is 5.91 Å². The second-order valence-corrected chi connectivity index (χ2v) is 5.08. The molecule has 0 radical (unpaired) electrons. The van der Waals surface area contributed by atoms with Crippen LogP contribution in [0.4, 0.5) is 0 Å². The van der Waals surface area contributed by atoms with Crippen molar-refractivity contribution in [3.05, 3.63) is 29.8 Å². The van der Waals surface area contributed by atoms with Gasteiger partial charge in [0.15, 0.2) is 0 Å². The number of nitrogens with zero attached hydrogens (tertiary/aromatic N) is 1. The third kappa shape index (κ3) is 6.01. The van der Waals surface area contributed by atoms with E-state index >= 15 is 0 Å². The highest BCUT2D eigenvalue weighted by molar-refractivity contribution is 5.77. The van der Waals surface area contributed by atoms with Crippen molar-refractivity contribution in [2.24, 2.45) is 0 Å². The molecule has 122 valence electrons. The Morgan fingerprint density at radius 1 is 1.27 bits per heavy atom. The molecule has 1 aromatic rings. The zero-order chi connectivity index (χ0) is 15.6. The van der Waals surface area contributed by atoms with Gasteiger partial charge in [-0.1, -0.05) is 12.1 Å². The molecule has 0 saturated carbocycles. The van der Waals surface area contributed by atoms with E-state index in [2.05, 4.69) is 10.4 Å². The summed E-state index contributed by atoms with van der Waals surface area (Å²) >= 11 is 0. The fourth-order valence-corrected chi connectivity index (χ4v) is 2.22. The van der Waals surface area contributed by atoms with Gasteiger partial charge in [0, 0.05) is 19.6 Å². The van der Waals surface area contributed by atoms with Crippen LogP contribution in [0.25, 0.3) is 0 Å². The first-order valence-corrected chi connectivity index (χ1v) is 7.70. The molecule has 6 heteroatoms. The summed E-state index contributed by atoms with van der Waals surface area (Å²) in [4.78, 5) is 19.3. The van der Waals surface area contributed by atoms with E-state index in [-0.39, 0.29) is 5.91 Å². The maximum absolute atomic E-state index is 11.8. The van der Waals surface area contributed by atoms with Crippen molar-refractivity contribution in [2.45, 2.75) is 13.3 Å². The normalized spacial score (nSPS) is 15.5. The zero-order valence-electron chi connectivity index (χ0n) is 13.0. The molecule has 2 rings (SSSR count). The van der Waals surface area contributed by atoms with Crippen LogP contribution < -0.4 is 10.2 Å². The number of hydrogen-bond donors (Lipinski definition) is 1. The summed E-state index contributed by atoms with van der Waals surface area (Å²) in [5, 5.41) is 0. The number of rotatable bonds is 8. The Morgan fingerprint density at radius 2 is 2.00 bits per heavy atom. The molecule has 0 atom stereocenters. The van der Waals surface area contributed by atoms with Gasteiger partial charge in [-0.15, -0.1) is 0 Å². The number of ether oxygens (including phenoxy) is 2. The highest BCUT2D eigenvalue weighted by Gasteiger charge is 2.10. The minimum absolute atomic E-state index is 0.147. The number of nitrogens with one attached hydrogen (secondary N) is 1. The highest BCUT2D eigenvalue weighted by Crippen LogP contribution is 2.12. The molecular weight excluding hydrogens is 284 g/mol. The summed E-state index contributed by atoms with van der Waals surface area (Å²) in [5.74, 6) is 0.666. The zero-order valence-corrected chi connectivity index (χ0v) is 13.0. The molecule has 1 saturated heterocycles. The third-order valence-electron chi connectivity index (χ3n) is 3.40. The van der Waals surface area contributed by atoms with Gasteiger partial charge in [0.1, 0.15) is 5.75 Å². The molecule has 1 aliphatic rings. The number of hydroxylamine groups is 1. The van der Waals surface area contributed by atoms with E-state index in [1.807, 2.05) is 31.2 Å². The van der Waals surface area contributed by atoms with Gasteiger partial charge in [0.2, 0.25) is 5.91 Å². The molecule has 22 heavy (non-hydrogen) atoms. The summed E-state index contributed by atoms with van der Waals surface area (Å²) in [7, 11) is 0. The van der Waals surface area contributed by atoms with Gasteiger partial charge in [-0.05, 0) is 24.6 Å². The SMILES string of the molecule is CCOc1ccc(CC(=O)NOCCN2CCOCC2)cc1. The maximum Gasteiger partial charge on any atom is 0.247 e. The lowest BCUT2D eigenvalue weighted by molar-refractivity contribution is -0.133. The van der Waals surface area contributed by atoms with Crippen LogP contribution in [0, 0.1) is 0 Å². The van der Waals surface area contributed by atoms with Crippen molar-refractivity contribution in [3.63, 3.8) is 0 Å². The molecule has 1 amide bonds. The summed E-state index contributed by atoms with van der Waals surface area (Å²) in [6, 6.07) is 7.51. The summed E-state index contributed by atoms with van der Waals surface area (Å²) in [6.07, 6.45) is 0.296. The van der Waals surface area contributed by atoms with E-state index in [1.54, 1.807) is 0 Å². The molecule has 6 nitrogen and oxygen atoms in total. The molecule has 1 aromatic carbocycles. The topological polar surface area (TPSA) is 60.0 Å². The fraction of sp³-hybridized carbons (Fsp3) is 0.562. The van der Waals surface area contributed by atoms with Gasteiger partial charge < -0.3 is 9.47 Å². The monoisotopic (exact) mass is 308 g/mol. The van der Waals surface area contributed by atoms with Crippen LogP contribution in [-0.2, 0) is 20.8 Å². The summed E-state index contributed by atoms with van der Waals surface area (Å²) in [5.41, 5.74) is 3.41. The molecule has 0 bridgehead atoms. The van der Waals surface area contributed by atoms with Crippen LogP contribution in [0.15, 0.2) is 24.3 Å². The molecule has 0 spiro atoms. The molecule has 1 heterocycles. The molecular formula is C16H24N2O4. The van der Waals surface area contributed by atoms with Gasteiger partial charge >= 0.3 is 0 Å². The van der Waals surface area contributed by atoms with Crippen LogP contribution >= 0.6 is 0 Å². The predicted molar refractivity (Wildman–Crippen MR) is 82.7 cm³/mol. The Balaban J connectivity index is 1.60. The van der Waals surface area contributed by atoms with Crippen LogP contribution in [0.3, 0.4) is 0 Å². The standard InChI is InChI=1S/C16H24N2O4/c1-2-21-15-5-3-14(4-6-15)13-16(19)17-22-12-9-18-7-10-20-11-8-18/h3-6H,2,7-13H2,1H3,(H,17,19). The Morgan fingerprint density at radius 3 is 2.68 bits per heavy atom. The van der Waals surface area contributed by atoms with Crippen molar-refractivity contribution in [3.8, 4) is 5.75 Å². The molecule has 0 aromatic heterocycles. The second-order valence-electron chi connectivity index (χ2n) is 5.08. The Labute approximate surface area is 131 Å². The third-order valence-corrected chi connectivity index (χ3v) is 3.40. The number of benzene rings is 1. The first-order valence-electron chi connectivity index (χ1n) is 7.70. The van der Waals surface area contributed by atoms with Crippen LogP contribution in [0.5, 0.6) is 5.75 Å². The summed E-state index contributed by atoms with van der Waals surface area (Å²) in [6.45, 7) is 7.23.